The third-order valence-electron chi connectivity index (χ3n) is 2.83. The van der Waals surface area contributed by atoms with Crippen molar-refractivity contribution in [1.29, 1.82) is 0 Å². The van der Waals surface area contributed by atoms with Gasteiger partial charge in [0, 0.05) is 11.6 Å². The van der Waals surface area contributed by atoms with Gasteiger partial charge in [-0.2, -0.15) is 18.4 Å². The number of halogens is 1. The zero-order valence-electron chi connectivity index (χ0n) is 11.5. The van der Waals surface area contributed by atoms with Crippen LogP contribution in [0.3, 0.4) is 0 Å². The minimum absolute atomic E-state index is 0.124. The van der Waals surface area contributed by atoms with Crippen molar-refractivity contribution in [2.24, 2.45) is 5.10 Å². The summed E-state index contributed by atoms with van der Waals surface area (Å²) < 4.78 is 36.7. The molecule has 0 saturated carbocycles. The largest absolute Gasteiger partial charge is 0.508 e. The lowest BCUT2D eigenvalue weighted by Gasteiger charge is -2.07. The Labute approximate surface area is 126 Å². The lowest BCUT2D eigenvalue weighted by Crippen LogP contribution is -2.20. The van der Waals surface area contributed by atoms with Gasteiger partial charge in [-0.05, 0) is 43.3 Å². The second-order valence-corrected chi connectivity index (χ2v) is 6.11. The predicted molar refractivity (Wildman–Crippen MR) is 78.7 cm³/mol. The Morgan fingerprint density at radius 2 is 1.77 bits per heavy atom. The van der Waals surface area contributed by atoms with Crippen LogP contribution in [0.25, 0.3) is 0 Å². The minimum Gasteiger partial charge on any atom is -0.508 e. The number of sulfonamides is 1. The molecule has 0 spiro atoms. The number of hydrogen-bond acceptors (Lipinski definition) is 5. The molecule has 8 heteroatoms. The van der Waals surface area contributed by atoms with E-state index in [4.69, 9.17) is 0 Å². The van der Waals surface area contributed by atoms with E-state index in [0.29, 0.717) is 0 Å². The maximum atomic E-state index is 12.8. The van der Waals surface area contributed by atoms with E-state index >= 15 is 0 Å². The summed E-state index contributed by atoms with van der Waals surface area (Å²) in [6.45, 7) is 1.49. The third kappa shape index (κ3) is 3.53. The zero-order valence-corrected chi connectivity index (χ0v) is 12.3. The van der Waals surface area contributed by atoms with Gasteiger partial charge in [0.2, 0.25) is 0 Å². The zero-order chi connectivity index (χ0) is 16.3. The van der Waals surface area contributed by atoms with E-state index in [0.717, 1.165) is 30.3 Å². The molecule has 0 bridgehead atoms. The fraction of sp³-hybridized carbons (Fsp3) is 0.0714. The Bertz CT molecular complexity index is 817. The maximum Gasteiger partial charge on any atom is 0.276 e. The number of hydrazone groups is 1. The molecule has 0 heterocycles. The molecule has 6 nitrogen and oxygen atoms in total. The van der Waals surface area contributed by atoms with Gasteiger partial charge in [-0.25, -0.2) is 4.39 Å². The first kappa shape index (κ1) is 15.8. The minimum atomic E-state index is -3.94. The summed E-state index contributed by atoms with van der Waals surface area (Å²) >= 11 is 0. The maximum absolute atomic E-state index is 12.8. The van der Waals surface area contributed by atoms with Crippen LogP contribution >= 0.6 is 0 Å². The molecule has 116 valence electrons. The lowest BCUT2D eigenvalue weighted by molar-refractivity contribution is 0.450. The molecular formula is C14H13FN2O4S. The highest BCUT2D eigenvalue weighted by atomic mass is 32.2. The van der Waals surface area contributed by atoms with E-state index in [-0.39, 0.29) is 27.7 Å². The molecule has 0 amide bonds. The van der Waals surface area contributed by atoms with E-state index in [9.17, 15) is 23.0 Å². The Kier molecular flexibility index (Phi) is 4.32. The predicted octanol–water partition coefficient (Wildman–Crippen LogP) is 1.94. The van der Waals surface area contributed by atoms with Gasteiger partial charge >= 0.3 is 0 Å². The topological polar surface area (TPSA) is 99.0 Å². The van der Waals surface area contributed by atoms with Crippen LogP contribution in [0.1, 0.15) is 12.5 Å². The van der Waals surface area contributed by atoms with Crippen LogP contribution in [-0.4, -0.2) is 24.3 Å². The summed E-state index contributed by atoms with van der Waals surface area (Å²) in [5.74, 6) is -0.907. The molecule has 0 aromatic heterocycles. The smallest absolute Gasteiger partial charge is 0.276 e. The summed E-state index contributed by atoms with van der Waals surface area (Å²) in [4.78, 5) is 1.86. The number of aromatic hydroxyl groups is 2. The van der Waals surface area contributed by atoms with Crippen molar-refractivity contribution in [2.75, 3.05) is 0 Å². The van der Waals surface area contributed by atoms with Crippen LogP contribution in [0.15, 0.2) is 52.5 Å². The van der Waals surface area contributed by atoms with Gasteiger partial charge in [-0.1, -0.05) is 0 Å². The third-order valence-corrected chi connectivity index (χ3v) is 4.05. The Hall–Kier alpha value is -2.61. The Balaban J connectivity index is 2.24. The van der Waals surface area contributed by atoms with Gasteiger partial charge in [-0.15, -0.1) is 0 Å². The number of benzene rings is 2. The van der Waals surface area contributed by atoms with Crippen molar-refractivity contribution in [3.63, 3.8) is 0 Å². The van der Waals surface area contributed by atoms with Crippen LogP contribution in [0, 0.1) is 5.82 Å². The van der Waals surface area contributed by atoms with E-state index in [1.807, 2.05) is 4.83 Å². The number of nitrogens with one attached hydrogen (secondary N) is 1. The fourth-order valence-corrected chi connectivity index (χ4v) is 2.54. The van der Waals surface area contributed by atoms with Gasteiger partial charge < -0.3 is 10.2 Å². The highest BCUT2D eigenvalue weighted by Gasteiger charge is 2.13. The van der Waals surface area contributed by atoms with Crippen molar-refractivity contribution in [3.8, 4) is 11.5 Å². The second-order valence-electron chi connectivity index (χ2n) is 4.45. The molecule has 0 aliphatic rings. The molecule has 0 fully saturated rings. The number of phenolic OH excluding ortho intramolecular Hbond substituents is 2. The molecule has 2 rings (SSSR count). The van der Waals surface area contributed by atoms with Crippen molar-refractivity contribution >= 4 is 15.7 Å². The molecule has 0 atom stereocenters. The number of hydrogen-bond donors (Lipinski definition) is 3. The van der Waals surface area contributed by atoms with Gasteiger partial charge in [-0.3, -0.25) is 0 Å². The summed E-state index contributed by atoms with van der Waals surface area (Å²) in [6, 6.07) is 8.12. The van der Waals surface area contributed by atoms with Crippen LogP contribution in [0.4, 0.5) is 4.39 Å². The summed E-state index contributed by atoms with van der Waals surface area (Å²) in [5, 5.41) is 22.6. The molecule has 0 radical (unpaired) electrons. The Morgan fingerprint density at radius 1 is 1.14 bits per heavy atom. The normalized spacial score (nSPS) is 12.2. The number of nitrogens with zero attached hydrogens (tertiary/aromatic N) is 1. The molecule has 3 N–H and O–H groups in total. The molecule has 0 saturated heterocycles. The van der Waals surface area contributed by atoms with Crippen LogP contribution in [0.5, 0.6) is 11.5 Å². The summed E-state index contributed by atoms with van der Waals surface area (Å²) in [7, 11) is -3.94. The van der Waals surface area contributed by atoms with E-state index in [2.05, 4.69) is 5.10 Å². The average Bonchev–Trinajstić information content (AvgIpc) is 2.45. The monoisotopic (exact) mass is 324 g/mol. The van der Waals surface area contributed by atoms with Crippen molar-refractivity contribution in [1.82, 2.24) is 4.83 Å². The molecular weight excluding hydrogens is 311 g/mol. The van der Waals surface area contributed by atoms with Crippen LogP contribution < -0.4 is 4.83 Å². The summed E-state index contributed by atoms with van der Waals surface area (Å²) in [5.41, 5.74) is 0.461. The van der Waals surface area contributed by atoms with Gasteiger partial charge in [0.15, 0.2) is 0 Å². The molecule has 0 unspecified atom stereocenters. The van der Waals surface area contributed by atoms with Crippen LogP contribution in [-0.2, 0) is 10.0 Å². The van der Waals surface area contributed by atoms with Crippen molar-refractivity contribution < 1.29 is 23.0 Å². The van der Waals surface area contributed by atoms with E-state index in [1.165, 1.54) is 19.1 Å². The lowest BCUT2D eigenvalue weighted by atomic mass is 10.1. The summed E-state index contributed by atoms with van der Waals surface area (Å²) in [6.07, 6.45) is 0. The molecule has 0 aliphatic heterocycles. The SMILES string of the molecule is C/C(=N/NS(=O)(=O)c1ccc(F)cc1)c1ccc(O)cc1O. The quantitative estimate of drug-likeness (QED) is 0.591. The first-order chi connectivity index (χ1) is 10.3. The van der Waals surface area contributed by atoms with Gasteiger partial charge in [0.1, 0.15) is 17.3 Å². The first-order valence-corrected chi connectivity index (χ1v) is 7.62. The van der Waals surface area contributed by atoms with Crippen LogP contribution in [0.2, 0.25) is 0 Å². The Morgan fingerprint density at radius 3 is 2.36 bits per heavy atom. The number of rotatable bonds is 4. The van der Waals surface area contributed by atoms with Gasteiger partial charge in [0.05, 0.1) is 10.6 Å². The molecule has 0 aliphatic carbocycles. The fourth-order valence-electron chi connectivity index (χ4n) is 1.68. The standard InChI is InChI=1S/C14H13FN2O4S/c1-9(13-7-4-11(18)8-14(13)19)16-17-22(20,21)12-5-2-10(15)3-6-12/h2-8,17-19H,1H3/b16-9-. The molecule has 22 heavy (non-hydrogen) atoms. The van der Waals surface area contributed by atoms with Crippen molar-refractivity contribution in [2.45, 2.75) is 11.8 Å². The first-order valence-electron chi connectivity index (χ1n) is 6.13. The molecule has 2 aromatic rings. The highest BCUT2D eigenvalue weighted by Crippen LogP contribution is 2.23. The number of phenols is 2. The van der Waals surface area contributed by atoms with Crippen molar-refractivity contribution in [3.05, 3.63) is 53.8 Å². The van der Waals surface area contributed by atoms with E-state index < -0.39 is 15.8 Å². The average molecular weight is 324 g/mol. The highest BCUT2D eigenvalue weighted by molar-refractivity contribution is 7.89. The van der Waals surface area contributed by atoms with E-state index in [1.54, 1.807) is 0 Å². The molecule has 2 aromatic carbocycles. The second kappa shape index (κ2) is 6.02. The van der Waals surface area contributed by atoms with Gasteiger partial charge in [0.25, 0.3) is 10.0 Å².